The minimum absolute atomic E-state index is 0.00507. The van der Waals surface area contributed by atoms with E-state index in [4.69, 9.17) is 14.7 Å². The second kappa shape index (κ2) is 10.2. The number of nitrogens with zero attached hydrogens (tertiary/aromatic N) is 1. The first-order chi connectivity index (χ1) is 14.9. The molecule has 2 aromatic rings. The molecular weight excluding hydrogens is 427 g/mol. The molecule has 1 aliphatic rings. The van der Waals surface area contributed by atoms with Gasteiger partial charge in [-0.25, -0.2) is 18.3 Å². The van der Waals surface area contributed by atoms with Crippen LogP contribution in [0.4, 0.5) is 4.39 Å². The number of hydroxylamine groups is 1. The Labute approximate surface area is 180 Å². The third-order valence-corrected chi connectivity index (χ3v) is 6.93. The second-order valence-corrected chi connectivity index (χ2v) is 8.95. The summed E-state index contributed by atoms with van der Waals surface area (Å²) >= 11 is 0. The topological polar surface area (TPSA) is 105 Å². The van der Waals surface area contributed by atoms with Crippen molar-refractivity contribution >= 4 is 15.9 Å². The molecule has 1 heterocycles. The van der Waals surface area contributed by atoms with Gasteiger partial charge in [0.1, 0.15) is 24.2 Å². The normalized spacial score (nSPS) is 19.7. The molecule has 2 N–H and O–H groups in total. The molecule has 2 aromatic carbocycles. The van der Waals surface area contributed by atoms with Crippen molar-refractivity contribution in [1.82, 2.24) is 9.79 Å². The first-order valence-electron chi connectivity index (χ1n) is 9.91. The lowest BCUT2D eigenvalue weighted by Crippen LogP contribution is -2.58. The van der Waals surface area contributed by atoms with E-state index in [2.05, 4.69) is 0 Å². The van der Waals surface area contributed by atoms with Crippen molar-refractivity contribution in [2.75, 3.05) is 13.2 Å². The van der Waals surface area contributed by atoms with Gasteiger partial charge in [0.05, 0.1) is 11.0 Å². The van der Waals surface area contributed by atoms with Gasteiger partial charge in [-0.2, -0.15) is 4.31 Å². The predicted molar refractivity (Wildman–Crippen MR) is 109 cm³/mol. The number of hydrogen-bond donors (Lipinski definition) is 2. The minimum atomic E-state index is -4.02. The molecule has 0 aromatic heterocycles. The average Bonchev–Trinajstić information content (AvgIpc) is 2.78. The first-order valence-corrected chi connectivity index (χ1v) is 11.4. The van der Waals surface area contributed by atoms with Gasteiger partial charge in [0.2, 0.25) is 10.0 Å². The fourth-order valence-electron chi connectivity index (χ4n) is 3.55. The number of amides is 1. The Morgan fingerprint density at radius 2 is 1.87 bits per heavy atom. The number of halogens is 1. The van der Waals surface area contributed by atoms with Crippen LogP contribution in [0.3, 0.4) is 0 Å². The van der Waals surface area contributed by atoms with Crippen LogP contribution in [0.25, 0.3) is 0 Å². The second-order valence-electron chi connectivity index (χ2n) is 7.06. The highest BCUT2D eigenvalue weighted by atomic mass is 32.2. The Bertz CT molecular complexity index is 980. The molecule has 0 saturated carbocycles. The van der Waals surface area contributed by atoms with Crippen LogP contribution in [-0.2, 0) is 26.2 Å². The number of carbonyl (C=O) groups is 1. The van der Waals surface area contributed by atoms with E-state index in [1.807, 2.05) is 0 Å². The minimum Gasteiger partial charge on any atom is -0.489 e. The smallest absolute Gasteiger partial charge is 0.264 e. The SMILES string of the molecule is CCOC1CCCN(S(=O)(=O)c2ccc(OCc3ccc(F)cc3)cc2)C1C(=O)NO. The highest BCUT2D eigenvalue weighted by Crippen LogP contribution is 2.28. The number of nitrogens with one attached hydrogen (secondary N) is 1. The van der Waals surface area contributed by atoms with Gasteiger partial charge in [-0.1, -0.05) is 12.1 Å². The lowest BCUT2D eigenvalue weighted by molar-refractivity contribution is -0.140. The molecule has 8 nitrogen and oxygen atoms in total. The van der Waals surface area contributed by atoms with Gasteiger partial charge in [0.15, 0.2) is 0 Å². The van der Waals surface area contributed by atoms with Gasteiger partial charge in [0.25, 0.3) is 5.91 Å². The van der Waals surface area contributed by atoms with Crippen molar-refractivity contribution in [3.63, 3.8) is 0 Å². The summed E-state index contributed by atoms with van der Waals surface area (Å²) in [5.74, 6) is -0.726. The van der Waals surface area contributed by atoms with Gasteiger partial charge >= 0.3 is 0 Å². The maximum Gasteiger partial charge on any atom is 0.264 e. The molecule has 1 fully saturated rings. The third-order valence-electron chi connectivity index (χ3n) is 5.04. The monoisotopic (exact) mass is 452 g/mol. The van der Waals surface area contributed by atoms with Crippen LogP contribution in [0.5, 0.6) is 5.75 Å². The Morgan fingerprint density at radius 3 is 2.48 bits per heavy atom. The maximum atomic E-state index is 13.2. The van der Waals surface area contributed by atoms with E-state index in [1.165, 1.54) is 36.4 Å². The van der Waals surface area contributed by atoms with Crippen molar-refractivity contribution in [2.24, 2.45) is 0 Å². The van der Waals surface area contributed by atoms with E-state index < -0.39 is 28.1 Å². The van der Waals surface area contributed by atoms with Gasteiger partial charge in [-0.05, 0) is 61.7 Å². The molecule has 10 heteroatoms. The molecule has 0 bridgehead atoms. The number of benzene rings is 2. The van der Waals surface area contributed by atoms with E-state index in [0.717, 1.165) is 9.87 Å². The van der Waals surface area contributed by atoms with Crippen LogP contribution in [0.2, 0.25) is 0 Å². The molecule has 31 heavy (non-hydrogen) atoms. The van der Waals surface area contributed by atoms with Crippen molar-refractivity contribution in [2.45, 2.75) is 43.4 Å². The summed E-state index contributed by atoms with van der Waals surface area (Å²) in [7, 11) is -4.02. The van der Waals surface area contributed by atoms with Gasteiger partial charge in [-0.15, -0.1) is 0 Å². The maximum absolute atomic E-state index is 13.2. The highest BCUT2D eigenvalue weighted by molar-refractivity contribution is 7.89. The number of ether oxygens (including phenoxy) is 2. The lowest BCUT2D eigenvalue weighted by Gasteiger charge is -2.38. The van der Waals surface area contributed by atoms with Crippen LogP contribution in [-0.4, -0.2) is 49.1 Å². The van der Waals surface area contributed by atoms with Gasteiger partial charge in [0, 0.05) is 13.2 Å². The summed E-state index contributed by atoms with van der Waals surface area (Å²) in [6, 6.07) is 10.5. The Morgan fingerprint density at radius 1 is 1.19 bits per heavy atom. The summed E-state index contributed by atoms with van der Waals surface area (Å²) in [5, 5.41) is 9.12. The Kier molecular flexibility index (Phi) is 7.60. The average molecular weight is 453 g/mol. The highest BCUT2D eigenvalue weighted by Gasteiger charge is 2.43. The van der Waals surface area contributed by atoms with Gasteiger partial charge in [-0.3, -0.25) is 10.0 Å². The molecule has 1 aliphatic heterocycles. The van der Waals surface area contributed by atoms with Crippen LogP contribution in [0.15, 0.2) is 53.4 Å². The molecule has 168 valence electrons. The van der Waals surface area contributed by atoms with E-state index in [9.17, 15) is 17.6 Å². The van der Waals surface area contributed by atoms with Crippen molar-refractivity contribution < 1.29 is 32.3 Å². The van der Waals surface area contributed by atoms with E-state index in [1.54, 1.807) is 24.5 Å². The summed E-state index contributed by atoms with van der Waals surface area (Å²) in [6.07, 6.45) is 0.380. The quantitative estimate of drug-likeness (QED) is 0.471. The van der Waals surface area contributed by atoms with Crippen molar-refractivity contribution in [3.8, 4) is 5.75 Å². The lowest BCUT2D eigenvalue weighted by atomic mass is 10.0. The van der Waals surface area contributed by atoms with E-state index in [0.29, 0.717) is 25.2 Å². The molecule has 0 radical (unpaired) electrons. The van der Waals surface area contributed by atoms with Crippen LogP contribution < -0.4 is 10.2 Å². The Hall–Kier alpha value is -2.53. The number of sulfonamides is 1. The molecule has 2 unspecified atom stereocenters. The molecular formula is C21H25FN2O6S. The molecule has 1 amide bonds. The number of piperidine rings is 1. The van der Waals surface area contributed by atoms with Crippen molar-refractivity contribution in [1.29, 1.82) is 0 Å². The number of carbonyl (C=O) groups excluding carboxylic acids is 1. The van der Waals surface area contributed by atoms with E-state index >= 15 is 0 Å². The molecule has 0 spiro atoms. The predicted octanol–water partition coefficient (Wildman–Crippen LogP) is 2.47. The van der Waals surface area contributed by atoms with E-state index in [-0.39, 0.29) is 23.9 Å². The van der Waals surface area contributed by atoms with Gasteiger partial charge < -0.3 is 9.47 Å². The summed E-state index contributed by atoms with van der Waals surface area (Å²) < 4.78 is 51.7. The third kappa shape index (κ3) is 5.40. The Balaban J connectivity index is 1.76. The molecule has 3 rings (SSSR count). The first kappa shape index (κ1) is 23.1. The van der Waals surface area contributed by atoms with Crippen LogP contribution in [0, 0.1) is 5.82 Å². The standard InChI is InChI=1S/C21H25FN2O6S/c1-2-29-19-4-3-13-24(20(19)21(25)23-26)31(27,28)18-11-9-17(10-12-18)30-14-15-5-7-16(22)8-6-15/h5-12,19-20,26H,2-4,13-14H2,1H3,(H,23,25). The number of hydrogen-bond acceptors (Lipinski definition) is 6. The summed E-state index contributed by atoms with van der Waals surface area (Å²) in [4.78, 5) is 12.2. The largest absolute Gasteiger partial charge is 0.489 e. The summed E-state index contributed by atoms with van der Waals surface area (Å²) in [5.41, 5.74) is 2.32. The molecule has 0 aliphatic carbocycles. The number of rotatable bonds is 8. The fourth-order valence-corrected chi connectivity index (χ4v) is 5.20. The van der Waals surface area contributed by atoms with Crippen LogP contribution in [0.1, 0.15) is 25.3 Å². The molecule has 1 saturated heterocycles. The van der Waals surface area contributed by atoms with Crippen LogP contribution >= 0.6 is 0 Å². The van der Waals surface area contributed by atoms with Crippen molar-refractivity contribution in [3.05, 3.63) is 59.9 Å². The molecule has 2 atom stereocenters. The zero-order valence-electron chi connectivity index (χ0n) is 17.0. The zero-order chi connectivity index (χ0) is 22.4. The zero-order valence-corrected chi connectivity index (χ0v) is 17.8. The summed E-state index contributed by atoms with van der Waals surface area (Å²) in [6.45, 7) is 2.40. The fraction of sp³-hybridized carbons (Fsp3) is 0.381.